The summed E-state index contributed by atoms with van der Waals surface area (Å²) in [5.74, 6) is -1.08. The Morgan fingerprint density at radius 2 is 2.00 bits per heavy atom. The van der Waals surface area contributed by atoms with Crippen LogP contribution in [0.15, 0.2) is 24.3 Å². The topological polar surface area (TPSA) is 66.8 Å². The van der Waals surface area contributed by atoms with Gasteiger partial charge in [0, 0.05) is 6.54 Å². The van der Waals surface area contributed by atoms with Crippen LogP contribution < -0.4 is 0 Å². The van der Waals surface area contributed by atoms with Gasteiger partial charge in [0.2, 0.25) is 0 Å². The average molecular weight is 291 g/mol. The third-order valence-electron chi connectivity index (χ3n) is 3.76. The highest BCUT2D eigenvalue weighted by atomic mass is 16.5. The number of carbonyl (C=O) groups excluding carboxylic acids is 1. The third kappa shape index (κ3) is 4.04. The van der Waals surface area contributed by atoms with Gasteiger partial charge in [0.05, 0.1) is 12.2 Å². The number of carboxylic acids is 1. The first-order chi connectivity index (χ1) is 10.1. The molecule has 1 fully saturated rings. The van der Waals surface area contributed by atoms with Gasteiger partial charge in [-0.3, -0.25) is 9.69 Å². The highest BCUT2D eigenvalue weighted by molar-refractivity contribution is 5.87. The largest absolute Gasteiger partial charge is 0.478 e. The lowest BCUT2D eigenvalue weighted by molar-refractivity contribution is -0.151. The predicted octanol–water partition coefficient (Wildman–Crippen LogP) is 2.30. The van der Waals surface area contributed by atoms with E-state index in [2.05, 4.69) is 4.90 Å². The van der Waals surface area contributed by atoms with Crippen molar-refractivity contribution in [2.24, 2.45) is 0 Å². The normalized spacial score (nSPS) is 19.2. The van der Waals surface area contributed by atoms with Crippen molar-refractivity contribution in [1.29, 1.82) is 0 Å². The van der Waals surface area contributed by atoms with Crippen LogP contribution in [0.25, 0.3) is 0 Å². The van der Waals surface area contributed by atoms with Gasteiger partial charge in [-0.2, -0.15) is 0 Å². The SMILES string of the molecule is CCOC(=O)C1CCCCN1Cc1ccc(C(=O)O)cc1. The zero-order valence-corrected chi connectivity index (χ0v) is 12.2. The molecule has 1 saturated heterocycles. The van der Waals surface area contributed by atoms with E-state index in [1.54, 1.807) is 24.3 Å². The number of benzene rings is 1. The molecular formula is C16H21NO4. The summed E-state index contributed by atoms with van der Waals surface area (Å²) in [5.41, 5.74) is 1.29. The Hall–Kier alpha value is -1.88. The molecule has 1 aromatic rings. The summed E-state index contributed by atoms with van der Waals surface area (Å²) < 4.78 is 5.14. The number of piperidine rings is 1. The van der Waals surface area contributed by atoms with Gasteiger partial charge in [-0.1, -0.05) is 18.6 Å². The molecule has 5 heteroatoms. The molecule has 0 spiro atoms. The average Bonchev–Trinajstić information content (AvgIpc) is 2.48. The number of nitrogens with zero attached hydrogens (tertiary/aromatic N) is 1. The summed E-state index contributed by atoms with van der Waals surface area (Å²) in [7, 11) is 0. The van der Waals surface area contributed by atoms with Crippen LogP contribution in [0.1, 0.15) is 42.1 Å². The van der Waals surface area contributed by atoms with Gasteiger partial charge >= 0.3 is 11.9 Å². The molecule has 0 aliphatic carbocycles. The van der Waals surface area contributed by atoms with Crippen LogP contribution in [0.2, 0.25) is 0 Å². The standard InChI is InChI=1S/C16H21NO4/c1-2-21-16(20)14-5-3-4-10-17(14)11-12-6-8-13(9-7-12)15(18)19/h6-9,14H,2-5,10-11H2,1H3,(H,18,19). The molecule has 1 aliphatic heterocycles. The van der Waals surface area contributed by atoms with Gasteiger partial charge in [-0.25, -0.2) is 4.79 Å². The number of carboxylic acid groups (broad SMARTS) is 1. The van der Waals surface area contributed by atoms with Crippen molar-refractivity contribution >= 4 is 11.9 Å². The van der Waals surface area contributed by atoms with E-state index in [-0.39, 0.29) is 17.6 Å². The van der Waals surface area contributed by atoms with Gasteiger partial charge in [0.1, 0.15) is 6.04 Å². The van der Waals surface area contributed by atoms with Crippen molar-refractivity contribution in [1.82, 2.24) is 4.90 Å². The van der Waals surface area contributed by atoms with Gasteiger partial charge < -0.3 is 9.84 Å². The van der Waals surface area contributed by atoms with Gasteiger partial charge in [-0.05, 0) is 44.0 Å². The van der Waals surface area contributed by atoms with Crippen LogP contribution in [0.5, 0.6) is 0 Å². The first kappa shape index (κ1) is 15.5. The molecule has 0 saturated carbocycles. The number of aromatic carboxylic acids is 1. The van der Waals surface area contributed by atoms with E-state index in [4.69, 9.17) is 9.84 Å². The van der Waals surface area contributed by atoms with E-state index in [0.29, 0.717) is 13.2 Å². The molecule has 1 N–H and O–H groups in total. The Balaban J connectivity index is 2.04. The molecule has 0 aromatic heterocycles. The van der Waals surface area contributed by atoms with Crippen LogP contribution in [-0.4, -0.2) is 41.1 Å². The van der Waals surface area contributed by atoms with Crippen LogP contribution in [0, 0.1) is 0 Å². The number of esters is 1. The van der Waals surface area contributed by atoms with E-state index in [1.807, 2.05) is 6.92 Å². The molecular weight excluding hydrogens is 270 g/mol. The van der Waals surface area contributed by atoms with Gasteiger partial charge in [0.15, 0.2) is 0 Å². The molecule has 0 amide bonds. The molecule has 1 heterocycles. The third-order valence-corrected chi connectivity index (χ3v) is 3.76. The van der Waals surface area contributed by atoms with Crippen molar-refractivity contribution in [3.8, 4) is 0 Å². The predicted molar refractivity (Wildman–Crippen MR) is 78.1 cm³/mol. The van der Waals surface area contributed by atoms with E-state index in [1.165, 1.54) is 0 Å². The molecule has 0 radical (unpaired) electrons. The minimum Gasteiger partial charge on any atom is -0.478 e. The monoisotopic (exact) mass is 291 g/mol. The zero-order valence-electron chi connectivity index (χ0n) is 12.2. The number of likely N-dealkylation sites (tertiary alicyclic amines) is 1. The van der Waals surface area contributed by atoms with Crippen LogP contribution in [0.3, 0.4) is 0 Å². The molecule has 1 aliphatic rings. The quantitative estimate of drug-likeness (QED) is 0.843. The lowest BCUT2D eigenvalue weighted by atomic mass is 10.0. The van der Waals surface area contributed by atoms with Crippen molar-refractivity contribution in [2.45, 2.75) is 38.8 Å². The number of hydrogen-bond donors (Lipinski definition) is 1. The van der Waals surface area contributed by atoms with Crippen molar-refractivity contribution in [2.75, 3.05) is 13.2 Å². The lowest BCUT2D eigenvalue weighted by Crippen LogP contribution is -2.44. The summed E-state index contributed by atoms with van der Waals surface area (Å²) in [6.07, 6.45) is 2.94. The molecule has 1 atom stereocenters. The first-order valence-electron chi connectivity index (χ1n) is 7.34. The second-order valence-corrected chi connectivity index (χ2v) is 5.24. The summed E-state index contributed by atoms with van der Waals surface area (Å²) in [6, 6.07) is 6.63. The van der Waals surface area contributed by atoms with Crippen LogP contribution >= 0.6 is 0 Å². The maximum Gasteiger partial charge on any atom is 0.335 e. The Kier molecular flexibility index (Phi) is 5.33. The fourth-order valence-electron chi connectivity index (χ4n) is 2.67. The minimum absolute atomic E-state index is 0.153. The Morgan fingerprint density at radius 3 is 2.62 bits per heavy atom. The minimum atomic E-state index is -0.927. The molecule has 1 unspecified atom stereocenters. The number of rotatable bonds is 5. The molecule has 5 nitrogen and oxygen atoms in total. The smallest absolute Gasteiger partial charge is 0.335 e. The second-order valence-electron chi connectivity index (χ2n) is 5.24. The van der Waals surface area contributed by atoms with Gasteiger partial charge in [0.25, 0.3) is 0 Å². The first-order valence-corrected chi connectivity index (χ1v) is 7.34. The zero-order chi connectivity index (χ0) is 15.2. The van der Waals surface area contributed by atoms with Crippen molar-refractivity contribution in [3.63, 3.8) is 0 Å². The van der Waals surface area contributed by atoms with E-state index >= 15 is 0 Å². The van der Waals surface area contributed by atoms with E-state index in [0.717, 1.165) is 31.4 Å². The van der Waals surface area contributed by atoms with Crippen LogP contribution in [0.4, 0.5) is 0 Å². The van der Waals surface area contributed by atoms with E-state index in [9.17, 15) is 9.59 Å². The fourth-order valence-corrected chi connectivity index (χ4v) is 2.67. The molecule has 114 valence electrons. The lowest BCUT2D eigenvalue weighted by Gasteiger charge is -2.33. The Labute approximate surface area is 124 Å². The number of ether oxygens (including phenoxy) is 1. The fraction of sp³-hybridized carbons (Fsp3) is 0.500. The summed E-state index contributed by atoms with van der Waals surface area (Å²) >= 11 is 0. The van der Waals surface area contributed by atoms with E-state index < -0.39 is 5.97 Å². The molecule has 0 bridgehead atoms. The Morgan fingerprint density at radius 1 is 1.29 bits per heavy atom. The highest BCUT2D eigenvalue weighted by Crippen LogP contribution is 2.21. The summed E-state index contributed by atoms with van der Waals surface area (Å²) in [6.45, 7) is 3.72. The summed E-state index contributed by atoms with van der Waals surface area (Å²) in [4.78, 5) is 25.0. The highest BCUT2D eigenvalue weighted by Gasteiger charge is 2.29. The molecule has 1 aromatic carbocycles. The van der Waals surface area contributed by atoms with Crippen molar-refractivity contribution < 1.29 is 19.4 Å². The second kappa shape index (κ2) is 7.22. The van der Waals surface area contributed by atoms with Crippen molar-refractivity contribution in [3.05, 3.63) is 35.4 Å². The number of hydrogen-bond acceptors (Lipinski definition) is 4. The molecule has 21 heavy (non-hydrogen) atoms. The maximum absolute atomic E-state index is 12.0. The Bertz CT molecular complexity index is 498. The summed E-state index contributed by atoms with van der Waals surface area (Å²) in [5, 5.41) is 8.90. The number of carbonyl (C=O) groups is 2. The van der Waals surface area contributed by atoms with Crippen LogP contribution in [-0.2, 0) is 16.1 Å². The molecule has 2 rings (SSSR count). The van der Waals surface area contributed by atoms with Gasteiger partial charge in [-0.15, -0.1) is 0 Å². The maximum atomic E-state index is 12.0.